The summed E-state index contributed by atoms with van der Waals surface area (Å²) in [5.74, 6) is -0.305. The van der Waals surface area contributed by atoms with E-state index < -0.39 is 5.41 Å². The highest BCUT2D eigenvalue weighted by atomic mass is 19.1. The molecule has 2 aromatic rings. The standard InChI is InChI=1S/C22H26FNO2/c1-15-4-5-16(2)20(14-15)17(3)24-21(25)22(10-12-26-13-11-22)18-6-8-19(23)9-7-18/h4-9,14,17H,10-13H2,1-3H3,(H,24,25). The van der Waals surface area contributed by atoms with Gasteiger partial charge in [0, 0.05) is 13.2 Å². The van der Waals surface area contributed by atoms with Gasteiger partial charge in [0.1, 0.15) is 5.82 Å². The second-order valence-corrected chi connectivity index (χ2v) is 7.26. The van der Waals surface area contributed by atoms with Crippen molar-refractivity contribution in [1.82, 2.24) is 5.32 Å². The molecule has 1 aliphatic rings. The van der Waals surface area contributed by atoms with Gasteiger partial charge in [-0.05, 0) is 62.4 Å². The number of hydrogen-bond donors (Lipinski definition) is 1. The van der Waals surface area contributed by atoms with Crippen molar-refractivity contribution in [2.75, 3.05) is 13.2 Å². The summed E-state index contributed by atoms with van der Waals surface area (Å²) in [6, 6.07) is 12.5. The number of benzene rings is 2. The topological polar surface area (TPSA) is 38.3 Å². The van der Waals surface area contributed by atoms with E-state index in [-0.39, 0.29) is 17.8 Å². The molecular formula is C22H26FNO2. The van der Waals surface area contributed by atoms with Gasteiger partial charge >= 0.3 is 0 Å². The van der Waals surface area contributed by atoms with Gasteiger partial charge in [0.15, 0.2) is 0 Å². The van der Waals surface area contributed by atoms with E-state index in [4.69, 9.17) is 4.74 Å². The van der Waals surface area contributed by atoms with Crippen LogP contribution in [0.25, 0.3) is 0 Å². The highest BCUT2D eigenvalue weighted by Crippen LogP contribution is 2.36. The molecule has 1 heterocycles. The van der Waals surface area contributed by atoms with Crippen LogP contribution in [0.2, 0.25) is 0 Å². The summed E-state index contributed by atoms with van der Waals surface area (Å²) in [4.78, 5) is 13.3. The Kier molecular flexibility index (Phi) is 5.42. The molecule has 0 aliphatic carbocycles. The molecule has 0 bridgehead atoms. The number of ether oxygens (including phenoxy) is 1. The van der Waals surface area contributed by atoms with Gasteiger partial charge in [-0.15, -0.1) is 0 Å². The largest absolute Gasteiger partial charge is 0.381 e. The number of rotatable bonds is 4. The van der Waals surface area contributed by atoms with Crippen LogP contribution in [0, 0.1) is 19.7 Å². The van der Waals surface area contributed by atoms with Crippen molar-refractivity contribution >= 4 is 5.91 Å². The van der Waals surface area contributed by atoms with Gasteiger partial charge in [0.2, 0.25) is 5.91 Å². The third-order valence-electron chi connectivity index (χ3n) is 5.43. The molecule has 138 valence electrons. The molecule has 1 N–H and O–H groups in total. The first kappa shape index (κ1) is 18.6. The quantitative estimate of drug-likeness (QED) is 0.884. The van der Waals surface area contributed by atoms with Crippen LogP contribution in [0.4, 0.5) is 4.39 Å². The minimum Gasteiger partial charge on any atom is -0.381 e. The zero-order valence-corrected chi connectivity index (χ0v) is 15.6. The fraction of sp³-hybridized carbons (Fsp3) is 0.409. The van der Waals surface area contributed by atoms with Crippen molar-refractivity contribution in [1.29, 1.82) is 0 Å². The lowest BCUT2D eigenvalue weighted by atomic mass is 9.73. The molecule has 3 nitrogen and oxygen atoms in total. The number of halogens is 1. The van der Waals surface area contributed by atoms with E-state index in [0.717, 1.165) is 16.7 Å². The third kappa shape index (κ3) is 3.65. The highest BCUT2D eigenvalue weighted by Gasteiger charge is 2.42. The first-order valence-electron chi connectivity index (χ1n) is 9.14. The Balaban J connectivity index is 1.88. The molecule has 0 saturated carbocycles. The van der Waals surface area contributed by atoms with E-state index >= 15 is 0 Å². The molecule has 1 unspecified atom stereocenters. The van der Waals surface area contributed by atoms with E-state index in [1.54, 1.807) is 12.1 Å². The Morgan fingerprint density at radius 3 is 2.42 bits per heavy atom. The third-order valence-corrected chi connectivity index (χ3v) is 5.43. The van der Waals surface area contributed by atoms with Gasteiger partial charge in [-0.1, -0.05) is 35.9 Å². The lowest BCUT2D eigenvalue weighted by Crippen LogP contribution is -2.48. The van der Waals surface area contributed by atoms with Crippen LogP contribution in [-0.2, 0) is 14.9 Å². The van der Waals surface area contributed by atoms with Crippen LogP contribution in [0.1, 0.15) is 48.1 Å². The van der Waals surface area contributed by atoms with Crippen molar-refractivity contribution < 1.29 is 13.9 Å². The minimum absolute atomic E-state index is 0.0131. The summed E-state index contributed by atoms with van der Waals surface area (Å²) in [6.45, 7) is 7.18. The van der Waals surface area contributed by atoms with E-state index in [9.17, 15) is 9.18 Å². The number of hydrogen-bond acceptors (Lipinski definition) is 2. The predicted molar refractivity (Wildman–Crippen MR) is 101 cm³/mol. The Morgan fingerprint density at radius 2 is 1.77 bits per heavy atom. The van der Waals surface area contributed by atoms with Crippen molar-refractivity contribution in [3.05, 3.63) is 70.5 Å². The maximum Gasteiger partial charge on any atom is 0.231 e. The minimum atomic E-state index is -0.669. The molecule has 0 radical (unpaired) electrons. The number of nitrogens with one attached hydrogen (secondary N) is 1. The first-order chi connectivity index (χ1) is 12.4. The molecule has 1 fully saturated rings. The van der Waals surface area contributed by atoms with E-state index in [2.05, 4.69) is 37.4 Å². The van der Waals surface area contributed by atoms with Gasteiger partial charge in [0.05, 0.1) is 11.5 Å². The second-order valence-electron chi connectivity index (χ2n) is 7.26. The number of amides is 1. The maximum atomic E-state index is 13.4. The van der Waals surface area contributed by atoms with Crippen molar-refractivity contribution in [3.63, 3.8) is 0 Å². The zero-order valence-electron chi connectivity index (χ0n) is 15.6. The lowest BCUT2D eigenvalue weighted by molar-refractivity contribution is -0.131. The summed E-state index contributed by atoms with van der Waals surface area (Å²) in [5, 5.41) is 3.20. The first-order valence-corrected chi connectivity index (χ1v) is 9.14. The Morgan fingerprint density at radius 1 is 1.12 bits per heavy atom. The fourth-order valence-electron chi connectivity index (χ4n) is 3.77. The number of aryl methyl sites for hydroxylation is 2. The Labute approximate surface area is 154 Å². The summed E-state index contributed by atoms with van der Waals surface area (Å²) in [7, 11) is 0. The average Bonchev–Trinajstić information content (AvgIpc) is 2.64. The van der Waals surface area contributed by atoms with Crippen molar-refractivity contribution in [2.45, 2.75) is 45.1 Å². The lowest BCUT2D eigenvalue weighted by Gasteiger charge is -2.37. The predicted octanol–water partition coefficient (Wildman–Crippen LogP) is 4.37. The van der Waals surface area contributed by atoms with E-state index in [1.807, 2.05) is 6.92 Å². The molecule has 0 spiro atoms. The second kappa shape index (κ2) is 7.58. The van der Waals surface area contributed by atoms with Crippen molar-refractivity contribution in [2.24, 2.45) is 0 Å². The molecule has 1 atom stereocenters. The number of carbonyl (C=O) groups excluding carboxylic acids is 1. The molecule has 1 aliphatic heterocycles. The average molecular weight is 355 g/mol. The fourth-order valence-corrected chi connectivity index (χ4v) is 3.77. The highest BCUT2D eigenvalue weighted by molar-refractivity contribution is 5.88. The summed E-state index contributed by atoms with van der Waals surface area (Å²) in [6.07, 6.45) is 1.20. The molecule has 26 heavy (non-hydrogen) atoms. The van der Waals surface area contributed by atoms with Crippen molar-refractivity contribution in [3.8, 4) is 0 Å². The van der Waals surface area contributed by atoms with Gasteiger partial charge in [-0.25, -0.2) is 4.39 Å². The van der Waals surface area contributed by atoms with Crippen LogP contribution >= 0.6 is 0 Å². The summed E-state index contributed by atoms with van der Waals surface area (Å²) >= 11 is 0. The molecule has 1 amide bonds. The van der Waals surface area contributed by atoms with Crippen LogP contribution in [-0.4, -0.2) is 19.1 Å². The number of carbonyl (C=O) groups is 1. The summed E-state index contributed by atoms with van der Waals surface area (Å²) < 4.78 is 18.9. The van der Waals surface area contributed by atoms with Gasteiger partial charge in [0.25, 0.3) is 0 Å². The molecule has 3 rings (SSSR count). The van der Waals surface area contributed by atoms with Crippen LogP contribution in [0.15, 0.2) is 42.5 Å². The summed E-state index contributed by atoms with van der Waals surface area (Å²) in [5.41, 5.74) is 3.64. The molecule has 4 heteroatoms. The van der Waals surface area contributed by atoms with Crippen LogP contribution < -0.4 is 5.32 Å². The molecular weight excluding hydrogens is 329 g/mol. The Hall–Kier alpha value is -2.20. The van der Waals surface area contributed by atoms with Gasteiger partial charge in [-0.2, -0.15) is 0 Å². The van der Waals surface area contributed by atoms with E-state index in [0.29, 0.717) is 26.1 Å². The Bertz CT molecular complexity index is 779. The zero-order chi connectivity index (χ0) is 18.7. The molecule has 1 saturated heterocycles. The van der Waals surface area contributed by atoms with Crippen LogP contribution in [0.5, 0.6) is 0 Å². The molecule has 2 aromatic carbocycles. The molecule has 0 aromatic heterocycles. The monoisotopic (exact) mass is 355 g/mol. The SMILES string of the molecule is Cc1ccc(C)c(C(C)NC(=O)C2(c3ccc(F)cc3)CCOCC2)c1. The maximum absolute atomic E-state index is 13.4. The van der Waals surface area contributed by atoms with Crippen LogP contribution in [0.3, 0.4) is 0 Å². The van der Waals surface area contributed by atoms with Gasteiger partial charge < -0.3 is 10.1 Å². The normalized spacial score (nSPS) is 17.5. The van der Waals surface area contributed by atoms with E-state index in [1.165, 1.54) is 17.7 Å². The smallest absolute Gasteiger partial charge is 0.231 e. The van der Waals surface area contributed by atoms with Gasteiger partial charge in [-0.3, -0.25) is 4.79 Å².